The molecule has 1 saturated carbocycles. The van der Waals surface area contributed by atoms with Gasteiger partial charge in [-0.3, -0.25) is 9.59 Å². The lowest BCUT2D eigenvalue weighted by molar-refractivity contribution is -0.137. The van der Waals surface area contributed by atoms with Gasteiger partial charge in [0.05, 0.1) is 12.2 Å². The van der Waals surface area contributed by atoms with Crippen molar-refractivity contribution >= 4 is 11.8 Å². The van der Waals surface area contributed by atoms with E-state index in [1.165, 1.54) is 0 Å². The number of carboxylic acid groups (broad SMARTS) is 1. The fourth-order valence-electron chi connectivity index (χ4n) is 3.22. The van der Waals surface area contributed by atoms with Crippen molar-refractivity contribution in [1.82, 2.24) is 0 Å². The zero-order valence-corrected chi connectivity index (χ0v) is 15.1. The number of aliphatic carboxylic acids is 1. The van der Waals surface area contributed by atoms with E-state index in [-0.39, 0.29) is 30.5 Å². The van der Waals surface area contributed by atoms with E-state index in [0.717, 1.165) is 19.3 Å². The summed E-state index contributed by atoms with van der Waals surface area (Å²) in [6, 6.07) is 0. The molecule has 5 heteroatoms. The molecule has 0 bridgehead atoms. The van der Waals surface area contributed by atoms with Crippen LogP contribution in [-0.2, 0) is 9.59 Å². The number of allylic oxidation sites excluding steroid dienone is 3. The van der Waals surface area contributed by atoms with Crippen molar-refractivity contribution in [3.05, 3.63) is 24.3 Å². The highest BCUT2D eigenvalue weighted by atomic mass is 16.4. The third-order valence-corrected chi connectivity index (χ3v) is 4.72. The number of hydrogen-bond donors (Lipinski definition) is 3. The predicted molar refractivity (Wildman–Crippen MR) is 97.1 cm³/mol. The Balaban J connectivity index is 2.48. The standard InChI is InChI=1S/C20H32O5/c1-2-3-6-9-15(21)12-13-17-16(18(22)14-19(17)23)10-7-4-5-8-11-20(24)25/h4,7,12-13,15-18,21-22H,2-3,5-6,8-11,14H2,1H3,(H,24,25)/b7-4-,13-12+/t15-,16?,17?,18-/m0/s1. The third kappa shape index (κ3) is 8.45. The monoisotopic (exact) mass is 352 g/mol. The van der Waals surface area contributed by atoms with E-state index >= 15 is 0 Å². The first kappa shape index (κ1) is 21.6. The summed E-state index contributed by atoms with van der Waals surface area (Å²) in [6.45, 7) is 2.11. The fraction of sp³-hybridized carbons (Fsp3) is 0.700. The second-order valence-corrected chi connectivity index (χ2v) is 6.87. The number of carbonyl (C=O) groups is 2. The van der Waals surface area contributed by atoms with Gasteiger partial charge in [0.15, 0.2) is 0 Å². The van der Waals surface area contributed by atoms with Crippen LogP contribution in [0.15, 0.2) is 24.3 Å². The second kappa shape index (κ2) is 12.0. The molecule has 0 aromatic rings. The Kier molecular flexibility index (Phi) is 10.3. The number of hydrogen-bond acceptors (Lipinski definition) is 4. The van der Waals surface area contributed by atoms with Crippen molar-refractivity contribution in [3.63, 3.8) is 0 Å². The molecule has 2 unspecified atom stereocenters. The number of aliphatic hydroxyl groups is 2. The van der Waals surface area contributed by atoms with Crippen molar-refractivity contribution in [2.24, 2.45) is 11.8 Å². The Hall–Kier alpha value is -1.46. The minimum absolute atomic E-state index is 0.0220. The van der Waals surface area contributed by atoms with Crippen molar-refractivity contribution in [2.45, 2.75) is 76.9 Å². The van der Waals surface area contributed by atoms with Crippen LogP contribution in [0.25, 0.3) is 0 Å². The summed E-state index contributed by atoms with van der Waals surface area (Å²) in [5.74, 6) is -1.29. The van der Waals surface area contributed by atoms with E-state index < -0.39 is 18.2 Å². The van der Waals surface area contributed by atoms with Gasteiger partial charge in [0, 0.05) is 24.7 Å². The van der Waals surface area contributed by atoms with Crippen LogP contribution < -0.4 is 0 Å². The number of ketones is 1. The minimum atomic E-state index is -0.798. The van der Waals surface area contributed by atoms with E-state index in [1.54, 1.807) is 12.2 Å². The van der Waals surface area contributed by atoms with Crippen LogP contribution in [-0.4, -0.2) is 39.3 Å². The largest absolute Gasteiger partial charge is 0.481 e. The van der Waals surface area contributed by atoms with Gasteiger partial charge in [-0.15, -0.1) is 0 Å². The molecule has 0 heterocycles. The van der Waals surface area contributed by atoms with Gasteiger partial charge in [-0.1, -0.05) is 50.5 Å². The Bertz CT molecular complexity index is 469. The highest BCUT2D eigenvalue weighted by Gasteiger charge is 2.39. The Morgan fingerprint density at radius 3 is 2.72 bits per heavy atom. The lowest BCUT2D eigenvalue weighted by atomic mass is 9.90. The average Bonchev–Trinajstić information content (AvgIpc) is 2.82. The number of carboxylic acids is 1. The molecule has 4 atom stereocenters. The second-order valence-electron chi connectivity index (χ2n) is 6.87. The number of carbonyl (C=O) groups excluding carboxylic acids is 1. The van der Waals surface area contributed by atoms with E-state index in [9.17, 15) is 19.8 Å². The van der Waals surface area contributed by atoms with Crippen LogP contribution >= 0.6 is 0 Å². The molecule has 0 amide bonds. The van der Waals surface area contributed by atoms with Gasteiger partial charge in [-0.25, -0.2) is 0 Å². The third-order valence-electron chi connectivity index (χ3n) is 4.72. The molecule has 1 fully saturated rings. The SMILES string of the molecule is CCCCC[C@H](O)/C=C/C1C(=O)C[C@H](O)C1C/C=C\CCCC(=O)O. The molecular formula is C20H32O5. The van der Waals surface area contributed by atoms with Gasteiger partial charge < -0.3 is 15.3 Å². The number of Topliss-reactive ketones (excluding diaryl/α,β-unsaturated/α-hetero) is 1. The van der Waals surface area contributed by atoms with Gasteiger partial charge in [0.25, 0.3) is 0 Å². The quantitative estimate of drug-likeness (QED) is 0.370. The van der Waals surface area contributed by atoms with Crippen molar-refractivity contribution in [3.8, 4) is 0 Å². The molecule has 0 radical (unpaired) electrons. The van der Waals surface area contributed by atoms with Gasteiger partial charge >= 0.3 is 5.97 Å². The van der Waals surface area contributed by atoms with Gasteiger partial charge in [-0.05, 0) is 25.7 Å². The lowest BCUT2D eigenvalue weighted by Crippen LogP contribution is -2.19. The molecule has 0 aromatic carbocycles. The predicted octanol–water partition coefficient (Wildman–Crippen LogP) is 3.25. The van der Waals surface area contributed by atoms with Crippen LogP contribution in [0.5, 0.6) is 0 Å². The molecule has 0 spiro atoms. The molecule has 0 aliphatic heterocycles. The maximum absolute atomic E-state index is 12.1. The summed E-state index contributed by atoms with van der Waals surface area (Å²) in [5, 5.41) is 28.7. The van der Waals surface area contributed by atoms with Crippen LogP contribution in [0.4, 0.5) is 0 Å². The minimum Gasteiger partial charge on any atom is -0.481 e. The zero-order chi connectivity index (χ0) is 18.7. The summed E-state index contributed by atoms with van der Waals surface area (Å²) in [5.41, 5.74) is 0. The van der Waals surface area contributed by atoms with Gasteiger partial charge in [0.1, 0.15) is 5.78 Å². The summed E-state index contributed by atoms with van der Waals surface area (Å²) >= 11 is 0. The van der Waals surface area contributed by atoms with Crippen molar-refractivity contribution in [1.29, 1.82) is 0 Å². The first-order chi connectivity index (χ1) is 12.0. The fourth-order valence-corrected chi connectivity index (χ4v) is 3.22. The van der Waals surface area contributed by atoms with E-state index in [0.29, 0.717) is 25.7 Å². The zero-order valence-electron chi connectivity index (χ0n) is 15.1. The Morgan fingerprint density at radius 1 is 1.28 bits per heavy atom. The number of rotatable bonds is 12. The maximum atomic E-state index is 12.1. The normalized spacial score (nSPS) is 25.2. The number of aliphatic hydroxyl groups excluding tert-OH is 2. The summed E-state index contributed by atoms with van der Waals surface area (Å²) < 4.78 is 0. The van der Waals surface area contributed by atoms with Gasteiger partial charge in [0.2, 0.25) is 0 Å². The molecule has 25 heavy (non-hydrogen) atoms. The lowest BCUT2D eigenvalue weighted by Gasteiger charge is -2.17. The van der Waals surface area contributed by atoms with E-state index in [2.05, 4.69) is 6.92 Å². The summed E-state index contributed by atoms with van der Waals surface area (Å²) in [6.07, 6.45) is 12.1. The van der Waals surface area contributed by atoms with Crippen LogP contribution in [0.3, 0.4) is 0 Å². The molecule has 1 aliphatic rings. The maximum Gasteiger partial charge on any atom is 0.303 e. The van der Waals surface area contributed by atoms with Crippen molar-refractivity contribution < 1.29 is 24.9 Å². The first-order valence-corrected chi connectivity index (χ1v) is 9.39. The van der Waals surface area contributed by atoms with Crippen LogP contribution in [0.2, 0.25) is 0 Å². The van der Waals surface area contributed by atoms with E-state index in [1.807, 2.05) is 12.2 Å². The molecule has 142 valence electrons. The molecule has 1 aliphatic carbocycles. The molecular weight excluding hydrogens is 320 g/mol. The molecule has 0 aromatic heterocycles. The highest BCUT2D eigenvalue weighted by molar-refractivity contribution is 5.86. The van der Waals surface area contributed by atoms with Gasteiger partial charge in [-0.2, -0.15) is 0 Å². The summed E-state index contributed by atoms with van der Waals surface area (Å²) in [4.78, 5) is 22.5. The van der Waals surface area contributed by atoms with E-state index in [4.69, 9.17) is 5.11 Å². The average molecular weight is 352 g/mol. The summed E-state index contributed by atoms with van der Waals surface area (Å²) in [7, 11) is 0. The molecule has 0 saturated heterocycles. The van der Waals surface area contributed by atoms with Crippen LogP contribution in [0, 0.1) is 11.8 Å². The molecule has 3 N–H and O–H groups in total. The molecule has 5 nitrogen and oxygen atoms in total. The Morgan fingerprint density at radius 2 is 2.04 bits per heavy atom. The van der Waals surface area contributed by atoms with Crippen molar-refractivity contribution in [2.75, 3.05) is 0 Å². The smallest absolute Gasteiger partial charge is 0.303 e. The Labute approximate surface area is 150 Å². The number of unbranched alkanes of at least 4 members (excludes halogenated alkanes) is 3. The van der Waals surface area contributed by atoms with Crippen LogP contribution in [0.1, 0.15) is 64.7 Å². The molecule has 1 rings (SSSR count). The first-order valence-electron chi connectivity index (χ1n) is 9.39. The topological polar surface area (TPSA) is 94.8 Å². The highest BCUT2D eigenvalue weighted by Crippen LogP contribution is 2.33.